The Balaban J connectivity index is 6.64. The summed E-state index contributed by atoms with van der Waals surface area (Å²) < 4.78 is 114. The van der Waals surface area contributed by atoms with Crippen LogP contribution in [-0.2, 0) is 10.1 Å². The number of rotatable bonds is 2. The number of hydrogen-bond acceptors (Lipinski definition) is 2. The van der Waals surface area contributed by atoms with E-state index in [1.165, 1.54) is 0 Å². The van der Waals surface area contributed by atoms with Crippen LogP contribution in [-0.4, -0.2) is 36.2 Å². The van der Waals surface area contributed by atoms with Crippen LogP contribution in [0, 0.1) is 5.41 Å². The molecule has 2 unspecified atom stereocenters. The van der Waals surface area contributed by atoms with Gasteiger partial charge in [-0.25, -0.2) is 4.39 Å². The first-order valence-electron chi connectivity index (χ1n) is 4.65. The van der Waals surface area contributed by atoms with Crippen LogP contribution in [0.3, 0.4) is 0 Å². The fraction of sp³-hybridized carbons (Fsp3) is 1.00. The SMILES string of the molecule is CC(C)(C)C(C(F)C(F)(F)F)(C(F)(F)F)S(=O)(=O)O. The molecule has 0 heterocycles. The standard InChI is InChI=1S/C8H11F7O3S/c1-5(2,3)6(8(13,14)15,19(16,17)18)4(9)7(10,11)12/h4H,1-3H3,(H,16,17,18). The van der Waals surface area contributed by atoms with Crippen LogP contribution >= 0.6 is 0 Å². The fourth-order valence-electron chi connectivity index (χ4n) is 1.84. The van der Waals surface area contributed by atoms with Gasteiger partial charge < -0.3 is 0 Å². The normalized spacial score (nSPS) is 19.9. The predicted molar refractivity (Wildman–Crippen MR) is 50.7 cm³/mol. The zero-order valence-electron chi connectivity index (χ0n) is 9.90. The molecule has 0 radical (unpaired) electrons. The lowest BCUT2D eigenvalue weighted by Gasteiger charge is -2.44. The molecule has 0 spiro atoms. The van der Waals surface area contributed by atoms with Gasteiger partial charge in [-0.2, -0.15) is 34.8 Å². The van der Waals surface area contributed by atoms with E-state index in [9.17, 15) is 39.2 Å². The van der Waals surface area contributed by atoms with E-state index in [1.54, 1.807) is 0 Å². The average Bonchev–Trinajstić information content (AvgIpc) is 1.92. The van der Waals surface area contributed by atoms with Crippen LogP contribution in [0.5, 0.6) is 0 Å². The van der Waals surface area contributed by atoms with Gasteiger partial charge in [0.15, 0.2) is 0 Å². The summed E-state index contributed by atoms with van der Waals surface area (Å²) in [5, 5.41) is 0. The topological polar surface area (TPSA) is 54.4 Å². The lowest BCUT2D eigenvalue weighted by Crippen LogP contribution is -2.69. The number of alkyl halides is 7. The minimum Gasteiger partial charge on any atom is -0.285 e. The van der Waals surface area contributed by atoms with Crippen LogP contribution in [0.15, 0.2) is 0 Å². The van der Waals surface area contributed by atoms with Crippen molar-refractivity contribution in [3.05, 3.63) is 0 Å². The van der Waals surface area contributed by atoms with Crippen molar-refractivity contribution in [1.29, 1.82) is 0 Å². The first kappa shape index (κ1) is 18.4. The third-order valence-electron chi connectivity index (χ3n) is 2.59. The van der Waals surface area contributed by atoms with Crippen molar-refractivity contribution in [1.82, 2.24) is 0 Å². The Morgan fingerprint density at radius 3 is 1.32 bits per heavy atom. The molecule has 0 aromatic heterocycles. The van der Waals surface area contributed by atoms with Crippen LogP contribution < -0.4 is 0 Å². The van der Waals surface area contributed by atoms with E-state index in [0.29, 0.717) is 20.8 Å². The molecule has 0 saturated carbocycles. The van der Waals surface area contributed by atoms with Gasteiger partial charge in [-0.05, 0) is 5.41 Å². The smallest absolute Gasteiger partial charge is 0.285 e. The molecule has 0 aliphatic carbocycles. The predicted octanol–water partition coefficient (Wildman–Crippen LogP) is 3.12. The van der Waals surface area contributed by atoms with Gasteiger partial charge >= 0.3 is 12.4 Å². The summed E-state index contributed by atoms with van der Waals surface area (Å²) in [4.78, 5) is 0. The van der Waals surface area contributed by atoms with Crippen molar-refractivity contribution < 1.29 is 43.7 Å². The van der Waals surface area contributed by atoms with Gasteiger partial charge in [0.05, 0.1) is 0 Å². The number of hydrogen-bond donors (Lipinski definition) is 1. The summed E-state index contributed by atoms with van der Waals surface area (Å²) in [5.74, 6) is 0. The molecule has 0 aliphatic heterocycles. The van der Waals surface area contributed by atoms with Crippen molar-refractivity contribution in [2.45, 2.75) is 44.0 Å². The molecule has 0 fully saturated rings. The Morgan fingerprint density at radius 1 is 0.947 bits per heavy atom. The Kier molecular flexibility index (Phi) is 4.33. The van der Waals surface area contributed by atoms with Gasteiger partial charge in [-0.3, -0.25) is 4.55 Å². The maximum absolute atomic E-state index is 13.3. The highest BCUT2D eigenvalue weighted by atomic mass is 32.2. The van der Waals surface area contributed by atoms with E-state index in [2.05, 4.69) is 0 Å². The van der Waals surface area contributed by atoms with E-state index < -0.39 is 38.8 Å². The maximum Gasteiger partial charge on any atom is 0.421 e. The van der Waals surface area contributed by atoms with E-state index in [0.717, 1.165) is 0 Å². The molecule has 0 aliphatic rings. The van der Waals surface area contributed by atoms with E-state index >= 15 is 0 Å². The lowest BCUT2D eigenvalue weighted by atomic mass is 9.76. The summed E-state index contributed by atoms with van der Waals surface area (Å²) in [7, 11) is -6.44. The lowest BCUT2D eigenvalue weighted by molar-refractivity contribution is -0.263. The third-order valence-corrected chi connectivity index (χ3v) is 4.45. The highest BCUT2D eigenvalue weighted by molar-refractivity contribution is 7.87. The van der Waals surface area contributed by atoms with Crippen molar-refractivity contribution in [3.8, 4) is 0 Å². The van der Waals surface area contributed by atoms with Gasteiger partial charge in [0.1, 0.15) is 0 Å². The Morgan fingerprint density at radius 2 is 1.26 bits per heavy atom. The molecule has 11 heteroatoms. The molecule has 0 aromatic carbocycles. The van der Waals surface area contributed by atoms with E-state index in [-0.39, 0.29) is 0 Å². The molecule has 0 saturated heterocycles. The summed E-state index contributed by atoms with van der Waals surface area (Å²) in [6.07, 6.45) is -17.1. The Labute approximate surface area is 104 Å². The monoisotopic (exact) mass is 320 g/mol. The van der Waals surface area contributed by atoms with Crippen LogP contribution in [0.25, 0.3) is 0 Å². The zero-order valence-corrected chi connectivity index (χ0v) is 10.7. The minimum atomic E-state index is -6.44. The summed E-state index contributed by atoms with van der Waals surface area (Å²) in [6, 6.07) is 0. The third kappa shape index (κ3) is 2.81. The Hall–Kier alpha value is -0.580. The van der Waals surface area contributed by atoms with E-state index in [1.807, 2.05) is 0 Å². The summed E-state index contributed by atoms with van der Waals surface area (Å²) >= 11 is 0. The second kappa shape index (κ2) is 4.47. The van der Waals surface area contributed by atoms with E-state index in [4.69, 9.17) is 4.55 Å². The molecule has 3 nitrogen and oxygen atoms in total. The van der Waals surface area contributed by atoms with Gasteiger partial charge in [0.25, 0.3) is 10.1 Å². The van der Waals surface area contributed by atoms with Crippen molar-refractivity contribution in [2.75, 3.05) is 0 Å². The van der Waals surface area contributed by atoms with Gasteiger partial charge in [0.2, 0.25) is 10.9 Å². The van der Waals surface area contributed by atoms with Crippen LogP contribution in [0.2, 0.25) is 0 Å². The average molecular weight is 320 g/mol. The minimum absolute atomic E-state index is 0.437. The van der Waals surface area contributed by atoms with Crippen LogP contribution in [0.4, 0.5) is 30.7 Å². The van der Waals surface area contributed by atoms with Crippen LogP contribution in [0.1, 0.15) is 20.8 Å². The fourth-order valence-corrected chi connectivity index (χ4v) is 3.30. The van der Waals surface area contributed by atoms with Crippen molar-refractivity contribution in [2.24, 2.45) is 5.41 Å². The second-order valence-electron chi connectivity index (χ2n) is 4.86. The summed E-state index contributed by atoms with van der Waals surface area (Å²) in [5.41, 5.74) is -2.80. The molecule has 0 amide bonds. The first-order valence-corrected chi connectivity index (χ1v) is 6.09. The highest BCUT2D eigenvalue weighted by Crippen LogP contribution is 2.55. The molecule has 0 rings (SSSR count). The molecule has 0 aromatic rings. The quantitative estimate of drug-likeness (QED) is 0.628. The number of halogens is 7. The Bertz CT molecular complexity index is 415. The molecule has 1 N–H and O–H groups in total. The van der Waals surface area contributed by atoms with Gasteiger partial charge in [-0.15, -0.1) is 0 Å². The van der Waals surface area contributed by atoms with Gasteiger partial charge in [-0.1, -0.05) is 20.8 Å². The largest absolute Gasteiger partial charge is 0.421 e. The summed E-state index contributed by atoms with van der Waals surface area (Å²) in [6.45, 7) is 1.31. The molecular formula is C8H11F7O3S. The molecule has 0 bridgehead atoms. The maximum atomic E-state index is 13.3. The van der Waals surface area contributed by atoms with Crippen molar-refractivity contribution in [3.63, 3.8) is 0 Å². The zero-order chi connectivity index (χ0) is 16.1. The second-order valence-corrected chi connectivity index (χ2v) is 6.46. The first-order chi connectivity index (χ1) is 7.90. The highest BCUT2D eigenvalue weighted by Gasteiger charge is 2.79. The molecule has 19 heavy (non-hydrogen) atoms. The molecular weight excluding hydrogens is 309 g/mol. The van der Waals surface area contributed by atoms with Gasteiger partial charge in [0, 0.05) is 0 Å². The van der Waals surface area contributed by atoms with Crippen molar-refractivity contribution >= 4 is 10.1 Å². The molecule has 2 atom stereocenters. The molecule has 116 valence electrons.